The fourth-order valence-electron chi connectivity index (χ4n) is 4.85. The number of hydrogen-bond donors (Lipinski definition) is 0. The summed E-state index contributed by atoms with van der Waals surface area (Å²) in [5, 5.41) is 1.17. The molecule has 2 saturated heterocycles. The summed E-state index contributed by atoms with van der Waals surface area (Å²) in [5.41, 5.74) is 1.81. The molecule has 32 heavy (non-hydrogen) atoms. The maximum Gasteiger partial charge on any atom is 0.231 e. The van der Waals surface area contributed by atoms with Crippen LogP contribution in [0, 0.1) is 5.92 Å². The van der Waals surface area contributed by atoms with Crippen LogP contribution in [0.3, 0.4) is 0 Å². The van der Waals surface area contributed by atoms with E-state index in [9.17, 15) is 9.59 Å². The van der Waals surface area contributed by atoms with E-state index in [2.05, 4.69) is 12.1 Å². The molecule has 8 heteroatoms. The van der Waals surface area contributed by atoms with Crippen LogP contribution in [-0.4, -0.2) is 48.1 Å². The van der Waals surface area contributed by atoms with Crippen molar-refractivity contribution in [2.75, 3.05) is 31.3 Å². The van der Waals surface area contributed by atoms with Gasteiger partial charge in [0.2, 0.25) is 18.6 Å². The lowest BCUT2D eigenvalue weighted by atomic mass is 9.96. The molecule has 3 aliphatic rings. The Balaban J connectivity index is 1.10. The maximum atomic E-state index is 13.2. The van der Waals surface area contributed by atoms with Crippen molar-refractivity contribution in [1.82, 2.24) is 9.88 Å². The number of anilines is 1. The van der Waals surface area contributed by atoms with Crippen LogP contribution in [-0.2, 0) is 9.59 Å². The molecule has 2 aromatic carbocycles. The largest absolute Gasteiger partial charge is 0.454 e. The zero-order valence-corrected chi connectivity index (χ0v) is 18.3. The number of nitrogens with zero attached hydrogens (tertiary/aromatic N) is 3. The highest BCUT2D eigenvalue weighted by molar-refractivity contribution is 7.18. The van der Waals surface area contributed by atoms with E-state index in [-0.39, 0.29) is 30.9 Å². The number of piperidine rings is 1. The Hall–Kier alpha value is -3.13. The monoisotopic (exact) mass is 449 g/mol. The second-order valence-electron chi connectivity index (χ2n) is 8.56. The van der Waals surface area contributed by atoms with E-state index in [1.54, 1.807) is 16.2 Å². The highest BCUT2D eigenvalue weighted by atomic mass is 32.1. The van der Waals surface area contributed by atoms with Gasteiger partial charge in [-0.3, -0.25) is 9.59 Å². The second-order valence-corrected chi connectivity index (χ2v) is 9.62. The van der Waals surface area contributed by atoms with Crippen LogP contribution in [0.5, 0.6) is 11.5 Å². The van der Waals surface area contributed by atoms with Gasteiger partial charge in [-0.05, 0) is 37.1 Å². The molecule has 4 heterocycles. The molecule has 2 fully saturated rings. The van der Waals surface area contributed by atoms with Crippen LogP contribution in [0.15, 0.2) is 42.5 Å². The molecule has 2 amide bonds. The van der Waals surface area contributed by atoms with Crippen LogP contribution in [0.4, 0.5) is 5.69 Å². The van der Waals surface area contributed by atoms with Crippen LogP contribution in [0.1, 0.15) is 30.2 Å². The zero-order valence-electron chi connectivity index (χ0n) is 17.5. The zero-order chi connectivity index (χ0) is 21.7. The minimum atomic E-state index is -0.299. The predicted molar refractivity (Wildman–Crippen MR) is 121 cm³/mol. The first-order chi connectivity index (χ1) is 15.7. The lowest BCUT2D eigenvalue weighted by molar-refractivity contribution is -0.136. The van der Waals surface area contributed by atoms with Crippen molar-refractivity contribution < 1.29 is 19.1 Å². The lowest BCUT2D eigenvalue weighted by Gasteiger charge is -2.32. The highest BCUT2D eigenvalue weighted by Gasteiger charge is 2.38. The van der Waals surface area contributed by atoms with Crippen molar-refractivity contribution in [1.29, 1.82) is 0 Å². The van der Waals surface area contributed by atoms with Crippen molar-refractivity contribution in [3.05, 3.63) is 47.5 Å². The average Bonchev–Trinajstić information content (AvgIpc) is 3.56. The number of hydrogen-bond acceptors (Lipinski definition) is 6. The molecule has 3 aliphatic heterocycles. The van der Waals surface area contributed by atoms with Gasteiger partial charge in [-0.1, -0.05) is 12.1 Å². The normalized spacial score (nSPS) is 21.0. The first-order valence-electron chi connectivity index (χ1n) is 11.0. The van der Waals surface area contributed by atoms with Gasteiger partial charge in [-0.2, -0.15) is 0 Å². The number of likely N-dealkylation sites (tertiary alicyclic amines) is 1. The molecule has 0 radical (unpaired) electrons. The van der Waals surface area contributed by atoms with Crippen molar-refractivity contribution in [2.24, 2.45) is 5.92 Å². The minimum absolute atomic E-state index is 0.0217. The van der Waals surface area contributed by atoms with Crippen molar-refractivity contribution in [3.63, 3.8) is 0 Å². The molecule has 7 nitrogen and oxygen atoms in total. The molecule has 1 unspecified atom stereocenters. The first-order valence-corrected chi connectivity index (χ1v) is 11.8. The number of fused-ring (bicyclic) bond motifs is 2. The van der Waals surface area contributed by atoms with E-state index >= 15 is 0 Å². The van der Waals surface area contributed by atoms with Gasteiger partial charge in [0.25, 0.3) is 0 Å². The standard InChI is InChI=1S/C24H23N3O4S/c28-22-11-16(13-27(22)17-5-6-19-20(12-17)31-14-30-19)24(29)26-9-7-15(8-10-26)23-25-18-3-1-2-4-21(18)32-23/h1-6,12,15-16H,7-11,13-14H2. The quantitative estimate of drug-likeness (QED) is 0.609. The molecule has 164 valence electrons. The van der Waals surface area contributed by atoms with Crippen molar-refractivity contribution >= 4 is 39.1 Å². The molecular formula is C24H23N3O4S. The number of benzene rings is 2. The fraction of sp³-hybridized carbons (Fsp3) is 0.375. The topological polar surface area (TPSA) is 72.0 Å². The molecule has 0 bridgehead atoms. The van der Waals surface area contributed by atoms with Crippen molar-refractivity contribution in [3.8, 4) is 11.5 Å². The molecule has 0 aliphatic carbocycles. The number of ether oxygens (including phenoxy) is 2. The van der Waals surface area contributed by atoms with Crippen molar-refractivity contribution in [2.45, 2.75) is 25.2 Å². The summed E-state index contributed by atoms with van der Waals surface area (Å²) in [6.07, 6.45) is 2.08. The van der Waals surface area contributed by atoms with Gasteiger partial charge in [0, 0.05) is 43.7 Å². The molecule has 0 N–H and O–H groups in total. The van der Waals surface area contributed by atoms with Crippen LogP contribution < -0.4 is 14.4 Å². The van der Waals surface area contributed by atoms with E-state index in [1.807, 2.05) is 35.2 Å². The molecule has 6 rings (SSSR count). The van der Waals surface area contributed by atoms with Crippen LogP contribution in [0.25, 0.3) is 10.2 Å². The van der Waals surface area contributed by atoms with Gasteiger partial charge >= 0.3 is 0 Å². The predicted octanol–water partition coefficient (Wildman–Crippen LogP) is 3.78. The molecule has 1 atom stereocenters. The van der Waals surface area contributed by atoms with E-state index in [4.69, 9.17) is 14.5 Å². The summed E-state index contributed by atoms with van der Waals surface area (Å²) >= 11 is 1.76. The van der Waals surface area contributed by atoms with E-state index in [0.29, 0.717) is 37.1 Å². The number of aromatic nitrogens is 1. The van der Waals surface area contributed by atoms with Gasteiger partial charge in [-0.25, -0.2) is 4.98 Å². The Kier molecular flexibility index (Phi) is 4.75. The summed E-state index contributed by atoms with van der Waals surface area (Å²) in [6.45, 7) is 2.04. The Morgan fingerprint density at radius 3 is 2.72 bits per heavy atom. The Labute approximate surface area is 189 Å². The Morgan fingerprint density at radius 1 is 1.06 bits per heavy atom. The maximum absolute atomic E-state index is 13.2. The number of thiazole rings is 1. The summed E-state index contributed by atoms with van der Waals surface area (Å²) in [5.74, 6) is 1.49. The molecule has 3 aromatic rings. The number of carbonyl (C=O) groups excluding carboxylic acids is 2. The van der Waals surface area contributed by atoms with E-state index in [0.717, 1.165) is 24.0 Å². The van der Waals surface area contributed by atoms with Gasteiger partial charge in [-0.15, -0.1) is 11.3 Å². The van der Waals surface area contributed by atoms with Crippen LogP contribution >= 0.6 is 11.3 Å². The smallest absolute Gasteiger partial charge is 0.231 e. The first kappa shape index (κ1) is 19.5. The van der Waals surface area contributed by atoms with Gasteiger partial charge < -0.3 is 19.3 Å². The third-order valence-electron chi connectivity index (χ3n) is 6.61. The third kappa shape index (κ3) is 3.39. The number of rotatable bonds is 3. The van der Waals surface area contributed by atoms with Gasteiger partial charge in [0.05, 0.1) is 21.1 Å². The third-order valence-corrected chi connectivity index (χ3v) is 7.81. The number of carbonyl (C=O) groups is 2. The number of para-hydroxylation sites is 1. The Morgan fingerprint density at radius 2 is 1.88 bits per heavy atom. The van der Waals surface area contributed by atoms with Gasteiger partial charge in [0.15, 0.2) is 11.5 Å². The Bertz CT molecular complexity index is 1170. The van der Waals surface area contributed by atoms with Crippen LogP contribution in [0.2, 0.25) is 0 Å². The molecular weight excluding hydrogens is 426 g/mol. The fourth-order valence-corrected chi connectivity index (χ4v) is 5.98. The summed E-state index contributed by atoms with van der Waals surface area (Å²) in [7, 11) is 0. The molecule has 1 aromatic heterocycles. The summed E-state index contributed by atoms with van der Waals surface area (Å²) in [6, 6.07) is 13.7. The van der Waals surface area contributed by atoms with E-state index in [1.165, 1.54) is 9.71 Å². The average molecular weight is 450 g/mol. The summed E-state index contributed by atoms with van der Waals surface area (Å²) < 4.78 is 12.0. The SMILES string of the molecule is O=C(C1CC(=O)N(c2ccc3c(c2)OCO3)C1)N1CCC(c2nc3ccccc3s2)CC1. The number of amides is 2. The second kappa shape index (κ2) is 7.78. The highest BCUT2D eigenvalue weighted by Crippen LogP contribution is 2.38. The molecule has 0 spiro atoms. The molecule has 0 saturated carbocycles. The minimum Gasteiger partial charge on any atom is -0.454 e. The lowest BCUT2D eigenvalue weighted by Crippen LogP contribution is -2.42. The van der Waals surface area contributed by atoms with Gasteiger partial charge in [0.1, 0.15) is 0 Å². The summed E-state index contributed by atoms with van der Waals surface area (Å²) in [4.78, 5) is 34.3. The van der Waals surface area contributed by atoms with E-state index < -0.39 is 0 Å².